The molecule has 1 fully saturated rings. The maximum absolute atomic E-state index is 12.8. The van der Waals surface area contributed by atoms with Crippen molar-refractivity contribution in [2.45, 2.75) is 19.5 Å². The van der Waals surface area contributed by atoms with Crippen molar-refractivity contribution in [3.8, 4) is 5.88 Å². The first-order valence-corrected chi connectivity index (χ1v) is 10.2. The fourth-order valence-corrected chi connectivity index (χ4v) is 3.46. The van der Waals surface area contributed by atoms with E-state index in [1.807, 2.05) is 24.0 Å². The molecular formula is C20H19ClF3N5O3. The van der Waals surface area contributed by atoms with E-state index < -0.39 is 19.2 Å². The Morgan fingerprint density at radius 3 is 2.56 bits per heavy atom. The van der Waals surface area contributed by atoms with E-state index in [0.717, 1.165) is 5.69 Å². The van der Waals surface area contributed by atoms with Gasteiger partial charge in [-0.05, 0) is 25.1 Å². The number of hydrogen-bond donors (Lipinski definition) is 0. The highest BCUT2D eigenvalue weighted by Gasteiger charge is 2.28. The number of oxazole rings is 1. The minimum absolute atomic E-state index is 0.0691. The predicted octanol–water partition coefficient (Wildman–Crippen LogP) is 3.87. The molecule has 4 heterocycles. The molecule has 1 amide bonds. The van der Waals surface area contributed by atoms with Gasteiger partial charge in [0.2, 0.25) is 11.5 Å². The van der Waals surface area contributed by atoms with Crippen LogP contribution in [0.1, 0.15) is 22.5 Å². The minimum atomic E-state index is -4.32. The summed E-state index contributed by atoms with van der Waals surface area (Å²) in [5, 5.41) is -0.123. The van der Waals surface area contributed by atoms with Gasteiger partial charge in [-0.2, -0.15) is 18.2 Å². The Labute approximate surface area is 185 Å². The third-order valence-electron chi connectivity index (χ3n) is 4.91. The molecule has 1 saturated heterocycles. The van der Waals surface area contributed by atoms with Crippen LogP contribution < -0.4 is 9.64 Å². The molecule has 0 N–H and O–H groups in total. The zero-order valence-corrected chi connectivity index (χ0v) is 17.8. The van der Waals surface area contributed by atoms with Crippen molar-refractivity contribution in [1.29, 1.82) is 0 Å². The molecule has 12 heteroatoms. The Kier molecular flexibility index (Phi) is 6.09. The molecule has 3 aromatic rings. The number of carbonyl (C=O) groups excluding carboxylic acids is 1. The molecule has 0 spiro atoms. The van der Waals surface area contributed by atoms with Crippen LogP contribution in [0.2, 0.25) is 5.15 Å². The number of rotatable bonds is 5. The second-order valence-electron chi connectivity index (χ2n) is 7.25. The third-order valence-corrected chi connectivity index (χ3v) is 5.20. The van der Waals surface area contributed by atoms with Gasteiger partial charge < -0.3 is 19.0 Å². The van der Waals surface area contributed by atoms with E-state index in [0.29, 0.717) is 43.4 Å². The van der Waals surface area contributed by atoms with E-state index in [4.69, 9.17) is 20.8 Å². The number of fused-ring (bicyclic) bond motifs is 1. The number of ether oxygens (including phenoxy) is 1. The van der Waals surface area contributed by atoms with Crippen molar-refractivity contribution in [3.05, 3.63) is 40.7 Å². The van der Waals surface area contributed by atoms with Crippen LogP contribution in [0.4, 0.5) is 19.2 Å². The lowest BCUT2D eigenvalue weighted by molar-refractivity contribution is -0.139. The van der Waals surface area contributed by atoms with Gasteiger partial charge in [0.15, 0.2) is 5.58 Å². The van der Waals surface area contributed by atoms with E-state index in [1.54, 1.807) is 4.90 Å². The zero-order valence-electron chi connectivity index (χ0n) is 17.0. The lowest BCUT2D eigenvalue weighted by Crippen LogP contribution is -2.49. The standard InChI is InChI=1S/C20H19ClF3N5O3/c1-12-2-4-14-17(25-12)27-19(32-14)29-9-7-28(8-10-29)18(30)13-3-5-15(26-16(13)21)31-11-6-20(22,23)24/h2-5H,6-11H2,1H3. The van der Waals surface area contributed by atoms with Crippen molar-refractivity contribution >= 4 is 34.8 Å². The first-order chi connectivity index (χ1) is 15.2. The number of aromatic nitrogens is 3. The van der Waals surface area contributed by atoms with Crippen LogP contribution in [0.15, 0.2) is 28.7 Å². The number of aryl methyl sites for hydroxylation is 1. The molecule has 0 unspecified atom stereocenters. The van der Waals surface area contributed by atoms with Gasteiger partial charge in [-0.3, -0.25) is 4.79 Å². The summed E-state index contributed by atoms with van der Waals surface area (Å²) in [4.78, 5) is 29.0. The van der Waals surface area contributed by atoms with Crippen molar-refractivity contribution in [1.82, 2.24) is 19.9 Å². The molecule has 0 bridgehead atoms. The number of halogens is 4. The summed E-state index contributed by atoms with van der Waals surface area (Å²) in [5.74, 6) is -0.390. The fraction of sp³-hybridized carbons (Fsp3) is 0.400. The van der Waals surface area contributed by atoms with Crippen LogP contribution >= 0.6 is 11.6 Å². The normalized spacial score (nSPS) is 14.8. The van der Waals surface area contributed by atoms with Gasteiger partial charge in [-0.1, -0.05) is 11.6 Å². The van der Waals surface area contributed by atoms with Crippen molar-refractivity contribution < 1.29 is 27.1 Å². The minimum Gasteiger partial charge on any atom is -0.477 e. The molecule has 3 aromatic heterocycles. The number of hydrogen-bond acceptors (Lipinski definition) is 7. The van der Waals surface area contributed by atoms with Gasteiger partial charge >= 0.3 is 6.18 Å². The lowest BCUT2D eigenvalue weighted by atomic mass is 10.2. The Morgan fingerprint density at radius 1 is 1.12 bits per heavy atom. The quantitative estimate of drug-likeness (QED) is 0.524. The molecule has 8 nitrogen and oxygen atoms in total. The van der Waals surface area contributed by atoms with Gasteiger partial charge in [-0.25, -0.2) is 9.97 Å². The number of carbonyl (C=O) groups is 1. The molecule has 170 valence electrons. The molecule has 1 aliphatic rings. The summed E-state index contributed by atoms with van der Waals surface area (Å²) in [7, 11) is 0. The summed E-state index contributed by atoms with van der Waals surface area (Å²) >= 11 is 6.09. The molecule has 0 radical (unpaired) electrons. The van der Waals surface area contributed by atoms with E-state index in [9.17, 15) is 18.0 Å². The highest BCUT2D eigenvalue weighted by molar-refractivity contribution is 6.32. The smallest absolute Gasteiger partial charge is 0.392 e. The van der Waals surface area contributed by atoms with Crippen LogP contribution in [0.25, 0.3) is 11.2 Å². The SMILES string of the molecule is Cc1ccc2oc(N3CCN(C(=O)c4ccc(OCCC(F)(F)F)nc4Cl)CC3)nc2n1. The molecule has 1 aliphatic heterocycles. The summed E-state index contributed by atoms with van der Waals surface area (Å²) in [6, 6.07) is 6.85. The van der Waals surface area contributed by atoms with Gasteiger partial charge in [0.1, 0.15) is 5.15 Å². The first kappa shape index (κ1) is 22.1. The van der Waals surface area contributed by atoms with Gasteiger partial charge in [-0.15, -0.1) is 0 Å². The van der Waals surface area contributed by atoms with E-state index in [1.165, 1.54) is 12.1 Å². The van der Waals surface area contributed by atoms with Crippen molar-refractivity contribution in [2.75, 3.05) is 37.7 Å². The molecule has 0 atom stereocenters. The summed E-state index contributed by atoms with van der Waals surface area (Å²) in [6.07, 6.45) is -5.43. The molecule has 32 heavy (non-hydrogen) atoms. The highest BCUT2D eigenvalue weighted by atomic mass is 35.5. The van der Waals surface area contributed by atoms with Crippen molar-refractivity contribution in [3.63, 3.8) is 0 Å². The number of alkyl halides is 3. The maximum atomic E-state index is 12.8. The maximum Gasteiger partial charge on any atom is 0.392 e. The van der Waals surface area contributed by atoms with E-state index >= 15 is 0 Å². The summed E-state index contributed by atoms with van der Waals surface area (Å²) < 4.78 is 47.4. The molecular weight excluding hydrogens is 451 g/mol. The largest absolute Gasteiger partial charge is 0.477 e. The number of pyridine rings is 2. The monoisotopic (exact) mass is 469 g/mol. The average molecular weight is 470 g/mol. The zero-order chi connectivity index (χ0) is 22.9. The van der Waals surface area contributed by atoms with Crippen LogP contribution in [-0.2, 0) is 0 Å². The van der Waals surface area contributed by atoms with Crippen molar-refractivity contribution in [2.24, 2.45) is 0 Å². The number of anilines is 1. The van der Waals surface area contributed by atoms with Crippen LogP contribution in [-0.4, -0.2) is 64.7 Å². The lowest BCUT2D eigenvalue weighted by Gasteiger charge is -2.33. The molecule has 0 saturated carbocycles. The van der Waals surface area contributed by atoms with Crippen LogP contribution in [0, 0.1) is 6.92 Å². The average Bonchev–Trinajstić information content (AvgIpc) is 3.16. The number of amides is 1. The fourth-order valence-electron chi connectivity index (χ4n) is 3.24. The summed E-state index contributed by atoms with van der Waals surface area (Å²) in [6.45, 7) is 3.11. The van der Waals surface area contributed by atoms with E-state index in [-0.39, 0.29) is 22.5 Å². The van der Waals surface area contributed by atoms with Gasteiger partial charge in [0.05, 0.1) is 18.6 Å². The Morgan fingerprint density at radius 2 is 1.88 bits per heavy atom. The third kappa shape index (κ3) is 5.04. The van der Waals surface area contributed by atoms with Crippen LogP contribution in [0.5, 0.6) is 5.88 Å². The summed E-state index contributed by atoms with van der Waals surface area (Å²) in [5.41, 5.74) is 2.13. The Hall–Kier alpha value is -3.08. The molecule has 4 rings (SSSR count). The van der Waals surface area contributed by atoms with Gasteiger partial charge in [0, 0.05) is 37.9 Å². The van der Waals surface area contributed by atoms with Gasteiger partial charge in [0.25, 0.3) is 11.9 Å². The first-order valence-electron chi connectivity index (χ1n) is 9.84. The van der Waals surface area contributed by atoms with E-state index in [2.05, 4.69) is 15.0 Å². The Balaban J connectivity index is 1.36. The number of nitrogens with zero attached hydrogens (tertiary/aromatic N) is 5. The number of piperazine rings is 1. The topological polar surface area (TPSA) is 84.6 Å². The highest BCUT2D eigenvalue weighted by Crippen LogP contribution is 2.25. The Bertz CT molecular complexity index is 1130. The second-order valence-corrected chi connectivity index (χ2v) is 7.61. The predicted molar refractivity (Wildman–Crippen MR) is 110 cm³/mol. The molecule has 0 aromatic carbocycles. The molecule has 0 aliphatic carbocycles. The second kappa shape index (κ2) is 8.81. The van der Waals surface area contributed by atoms with Crippen LogP contribution in [0.3, 0.4) is 0 Å².